The molecule has 2 aromatic heterocycles. The second-order valence-electron chi connectivity index (χ2n) is 3.85. The number of nitrogens with zero attached hydrogens (tertiary/aromatic N) is 2. The molecule has 0 aliphatic carbocycles. The summed E-state index contributed by atoms with van der Waals surface area (Å²) in [5.41, 5.74) is 2.02. The lowest BCUT2D eigenvalue weighted by Crippen LogP contribution is -2.41. The van der Waals surface area contributed by atoms with Crippen LogP contribution in [0.2, 0.25) is 0 Å². The van der Waals surface area contributed by atoms with E-state index in [0.717, 1.165) is 15.7 Å². The smallest absolute Gasteiger partial charge is 0.306 e. The van der Waals surface area contributed by atoms with E-state index in [2.05, 4.69) is 4.98 Å². The number of alkyl halides is 4. The van der Waals surface area contributed by atoms with Crippen LogP contribution in [0.15, 0.2) is 16.6 Å². The molecule has 0 unspecified atom stereocenters. The van der Waals surface area contributed by atoms with E-state index in [-0.39, 0.29) is 10.8 Å². The van der Waals surface area contributed by atoms with E-state index < -0.39 is 33.9 Å². The standard InChI is InChI=1S/C8H9F4N5O2S2/c9-6(10)8(11,12)3-14-21(18,19)5-4(16-13)15-7-17(5)1-2-20-7/h1-2,6,14,16H,3,13H2. The minimum atomic E-state index is -4.52. The summed E-state index contributed by atoms with van der Waals surface area (Å²) in [5.74, 6) is 0.352. The van der Waals surface area contributed by atoms with Crippen molar-refractivity contribution in [3.05, 3.63) is 11.6 Å². The molecule has 4 N–H and O–H groups in total. The van der Waals surface area contributed by atoms with Crippen LogP contribution in [0.1, 0.15) is 0 Å². The molecule has 0 saturated carbocycles. The third-order valence-electron chi connectivity index (χ3n) is 2.43. The zero-order valence-electron chi connectivity index (χ0n) is 10.1. The van der Waals surface area contributed by atoms with Crippen molar-refractivity contribution in [3.8, 4) is 0 Å². The van der Waals surface area contributed by atoms with Gasteiger partial charge in [0.25, 0.3) is 10.0 Å². The van der Waals surface area contributed by atoms with Crippen molar-refractivity contribution in [2.45, 2.75) is 17.4 Å². The largest absolute Gasteiger partial charge is 0.320 e. The Morgan fingerprint density at radius 2 is 2.14 bits per heavy atom. The molecule has 118 valence electrons. The van der Waals surface area contributed by atoms with Gasteiger partial charge in [0, 0.05) is 11.6 Å². The predicted molar refractivity (Wildman–Crippen MR) is 67.0 cm³/mol. The highest BCUT2D eigenvalue weighted by Crippen LogP contribution is 2.26. The lowest BCUT2D eigenvalue weighted by molar-refractivity contribution is -0.122. The summed E-state index contributed by atoms with van der Waals surface area (Å²) in [6.07, 6.45) is -2.66. The Bertz CT molecular complexity index is 741. The number of halogens is 4. The van der Waals surface area contributed by atoms with Gasteiger partial charge >= 0.3 is 12.3 Å². The van der Waals surface area contributed by atoms with Crippen LogP contribution in [0.4, 0.5) is 23.4 Å². The molecular weight excluding hydrogens is 338 g/mol. The van der Waals surface area contributed by atoms with Crippen LogP contribution >= 0.6 is 11.3 Å². The van der Waals surface area contributed by atoms with Gasteiger partial charge in [-0.25, -0.2) is 27.8 Å². The molecule has 0 bridgehead atoms. The van der Waals surface area contributed by atoms with Crippen molar-refractivity contribution in [1.29, 1.82) is 0 Å². The van der Waals surface area contributed by atoms with Crippen molar-refractivity contribution in [2.75, 3.05) is 12.0 Å². The first kappa shape index (κ1) is 15.9. The summed E-state index contributed by atoms with van der Waals surface area (Å²) in [6, 6.07) is 0. The first-order valence-electron chi connectivity index (χ1n) is 5.27. The Morgan fingerprint density at radius 3 is 2.71 bits per heavy atom. The number of anilines is 1. The summed E-state index contributed by atoms with van der Waals surface area (Å²) >= 11 is 1.08. The van der Waals surface area contributed by atoms with Crippen LogP contribution in [-0.2, 0) is 10.0 Å². The normalized spacial score (nSPS) is 13.2. The maximum absolute atomic E-state index is 12.8. The van der Waals surface area contributed by atoms with Gasteiger partial charge in [-0.05, 0) is 0 Å². The Morgan fingerprint density at radius 1 is 1.48 bits per heavy atom. The Balaban J connectivity index is 2.36. The van der Waals surface area contributed by atoms with Gasteiger partial charge in [0.2, 0.25) is 5.03 Å². The monoisotopic (exact) mass is 347 g/mol. The Labute approximate surface area is 119 Å². The van der Waals surface area contributed by atoms with Gasteiger partial charge in [-0.3, -0.25) is 4.40 Å². The van der Waals surface area contributed by atoms with Gasteiger partial charge in [0.15, 0.2) is 10.8 Å². The van der Waals surface area contributed by atoms with Crippen molar-refractivity contribution in [2.24, 2.45) is 5.84 Å². The molecule has 0 atom stereocenters. The van der Waals surface area contributed by atoms with Crippen molar-refractivity contribution in [3.63, 3.8) is 0 Å². The van der Waals surface area contributed by atoms with Gasteiger partial charge in [-0.2, -0.15) is 13.8 Å². The molecule has 13 heteroatoms. The molecule has 2 aromatic rings. The van der Waals surface area contributed by atoms with Crippen molar-refractivity contribution in [1.82, 2.24) is 14.1 Å². The van der Waals surface area contributed by atoms with E-state index in [1.807, 2.05) is 5.43 Å². The number of imidazole rings is 1. The second kappa shape index (κ2) is 5.40. The zero-order chi connectivity index (χ0) is 15.8. The van der Waals surface area contributed by atoms with E-state index in [1.165, 1.54) is 16.3 Å². The number of sulfonamides is 1. The minimum Gasteiger partial charge on any atom is -0.306 e. The molecule has 0 amide bonds. The number of hydrogen-bond donors (Lipinski definition) is 3. The molecule has 0 aliphatic rings. The highest BCUT2D eigenvalue weighted by atomic mass is 32.2. The fraction of sp³-hybridized carbons (Fsp3) is 0.375. The predicted octanol–water partition coefficient (Wildman–Crippen LogP) is 0.860. The Kier molecular flexibility index (Phi) is 4.10. The second-order valence-corrected chi connectivity index (χ2v) is 6.41. The lowest BCUT2D eigenvalue weighted by Gasteiger charge is -2.15. The summed E-state index contributed by atoms with van der Waals surface area (Å²) in [5, 5.41) is 0.974. The first-order valence-corrected chi connectivity index (χ1v) is 7.63. The van der Waals surface area contributed by atoms with Gasteiger partial charge in [-0.15, -0.1) is 11.3 Å². The van der Waals surface area contributed by atoms with Crippen LogP contribution < -0.4 is 16.0 Å². The number of rotatable bonds is 6. The molecule has 2 rings (SSSR count). The molecule has 0 aromatic carbocycles. The highest BCUT2D eigenvalue weighted by Gasteiger charge is 2.42. The summed E-state index contributed by atoms with van der Waals surface area (Å²) in [7, 11) is -4.52. The molecule has 0 aliphatic heterocycles. The third-order valence-corrected chi connectivity index (χ3v) is 4.61. The van der Waals surface area contributed by atoms with Gasteiger partial charge < -0.3 is 5.43 Å². The molecule has 7 nitrogen and oxygen atoms in total. The van der Waals surface area contributed by atoms with Crippen molar-refractivity contribution < 1.29 is 26.0 Å². The number of nitrogens with two attached hydrogens (primary N) is 1. The average Bonchev–Trinajstić information content (AvgIpc) is 2.95. The number of fused-ring (bicyclic) bond motifs is 1. The average molecular weight is 347 g/mol. The zero-order valence-corrected chi connectivity index (χ0v) is 11.7. The number of aromatic nitrogens is 2. The lowest BCUT2D eigenvalue weighted by atomic mass is 10.4. The minimum absolute atomic E-state index is 0.240. The molecule has 0 saturated heterocycles. The van der Waals surface area contributed by atoms with Gasteiger partial charge in [0.05, 0.1) is 6.54 Å². The van der Waals surface area contributed by atoms with E-state index >= 15 is 0 Å². The van der Waals surface area contributed by atoms with Crippen LogP contribution in [0.3, 0.4) is 0 Å². The van der Waals surface area contributed by atoms with E-state index in [0.29, 0.717) is 0 Å². The number of hydrazine groups is 1. The number of nitrogens with one attached hydrogen (secondary N) is 2. The molecule has 21 heavy (non-hydrogen) atoms. The first-order chi connectivity index (χ1) is 9.69. The molecular formula is C8H9F4N5O2S2. The summed E-state index contributed by atoms with van der Waals surface area (Å²) < 4.78 is 76.3. The fourth-order valence-electron chi connectivity index (χ4n) is 1.45. The maximum atomic E-state index is 12.8. The van der Waals surface area contributed by atoms with E-state index in [4.69, 9.17) is 5.84 Å². The highest BCUT2D eigenvalue weighted by molar-refractivity contribution is 7.89. The van der Waals surface area contributed by atoms with Crippen LogP contribution in [-0.4, -0.2) is 36.7 Å². The fourth-order valence-corrected chi connectivity index (χ4v) is 3.51. The van der Waals surface area contributed by atoms with Crippen LogP contribution in [0.25, 0.3) is 4.96 Å². The molecule has 2 heterocycles. The molecule has 0 spiro atoms. The van der Waals surface area contributed by atoms with Gasteiger partial charge in [0.1, 0.15) is 0 Å². The topological polar surface area (TPSA) is 102 Å². The third kappa shape index (κ3) is 2.95. The summed E-state index contributed by atoms with van der Waals surface area (Å²) in [6.45, 7) is -1.74. The van der Waals surface area contributed by atoms with Crippen LogP contribution in [0, 0.1) is 0 Å². The maximum Gasteiger partial charge on any atom is 0.320 e. The van der Waals surface area contributed by atoms with Crippen LogP contribution in [0.5, 0.6) is 0 Å². The Hall–Kier alpha value is -1.44. The van der Waals surface area contributed by atoms with E-state index in [1.54, 1.807) is 0 Å². The number of nitrogen functional groups attached to an aromatic ring is 1. The quantitative estimate of drug-likeness (QED) is 0.409. The molecule has 0 radical (unpaired) electrons. The molecule has 0 fully saturated rings. The number of hydrogen-bond acceptors (Lipinski definition) is 6. The van der Waals surface area contributed by atoms with E-state index in [9.17, 15) is 26.0 Å². The van der Waals surface area contributed by atoms with Gasteiger partial charge in [-0.1, -0.05) is 0 Å². The van der Waals surface area contributed by atoms with Crippen molar-refractivity contribution >= 4 is 32.1 Å². The SMILES string of the molecule is NNc1nc2sccn2c1S(=O)(=O)NCC(F)(F)C(F)F. The number of thiazole rings is 1. The summed E-state index contributed by atoms with van der Waals surface area (Å²) in [4.78, 5) is 4.07.